The predicted molar refractivity (Wildman–Crippen MR) is 106 cm³/mol. The van der Waals surface area contributed by atoms with Crippen LogP contribution in [0, 0.1) is 0 Å². The standard InChI is InChI=1S/C20H28N4O3/c1-3-22-20(23-10-6-11-26-15-18-9-5-12-27-18)24-14-16-7-4-8-17(13-16)19(25)21-2/h4-5,7-9,12-13H,3,6,10-11,14-15H2,1-2H3,(H,21,25)(H2,22,23,24). The van der Waals surface area contributed by atoms with Crippen molar-refractivity contribution in [2.45, 2.75) is 26.5 Å². The summed E-state index contributed by atoms with van der Waals surface area (Å²) < 4.78 is 10.8. The first-order valence-corrected chi connectivity index (χ1v) is 9.16. The SMILES string of the molecule is CCNC(=NCc1cccc(C(=O)NC)c1)NCCCOCc1ccco1. The molecule has 27 heavy (non-hydrogen) atoms. The first-order chi connectivity index (χ1) is 13.2. The van der Waals surface area contributed by atoms with E-state index in [-0.39, 0.29) is 5.91 Å². The molecule has 0 spiro atoms. The molecular formula is C20H28N4O3. The number of benzene rings is 1. The molecule has 1 aromatic carbocycles. The predicted octanol–water partition coefficient (Wildman–Crippen LogP) is 2.30. The lowest BCUT2D eigenvalue weighted by Gasteiger charge is -2.11. The van der Waals surface area contributed by atoms with E-state index in [0.29, 0.717) is 25.3 Å². The molecule has 7 heteroatoms. The summed E-state index contributed by atoms with van der Waals surface area (Å²) in [7, 11) is 1.62. The molecule has 0 atom stereocenters. The lowest BCUT2D eigenvalue weighted by atomic mass is 10.1. The van der Waals surface area contributed by atoms with E-state index < -0.39 is 0 Å². The third-order valence-corrected chi connectivity index (χ3v) is 3.76. The Bertz CT molecular complexity index is 714. The Morgan fingerprint density at radius 3 is 2.85 bits per heavy atom. The minimum atomic E-state index is -0.0968. The van der Waals surface area contributed by atoms with Crippen molar-refractivity contribution in [2.75, 3.05) is 26.7 Å². The lowest BCUT2D eigenvalue weighted by Crippen LogP contribution is -2.38. The highest BCUT2D eigenvalue weighted by atomic mass is 16.5. The second-order valence-electron chi connectivity index (χ2n) is 5.89. The number of carbonyl (C=O) groups is 1. The first-order valence-electron chi connectivity index (χ1n) is 9.16. The van der Waals surface area contributed by atoms with Crippen LogP contribution in [-0.4, -0.2) is 38.6 Å². The van der Waals surface area contributed by atoms with Gasteiger partial charge in [-0.3, -0.25) is 4.79 Å². The molecule has 0 saturated carbocycles. The third kappa shape index (κ3) is 7.53. The van der Waals surface area contributed by atoms with Crippen LogP contribution in [0.3, 0.4) is 0 Å². The number of rotatable bonds is 10. The van der Waals surface area contributed by atoms with Gasteiger partial charge in [-0.05, 0) is 43.2 Å². The van der Waals surface area contributed by atoms with E-state index in [4.69, 9.17) is 9.15 Å². The smallest absolute Gasteiger partial charge is 0.251 e. The number of amides is 1. The van der Waals surface area contributed by atoms with Gasteiger partial charge in [0, 0.05) is 32.3 Å². The molecule has 1 amide bonds. The Kier molecular flexibility index (Phi) is 8.92. The summed E-state index contributed by atoms with van der Waals surface area (Å²) in [5.41, 5.74) is 1.62. The van der Waals surface area contributed by atoms with Gasteiger partial charge in [-0.15, -0.1) is 0 Å². The quantitative estimate of drug-likeness (QED) is 0.338. The molecule has 0 aliphatic rings. The van der Waals surface area contributed by atoms with Gasteiger partial charge in [0.1, 0.15) is 12.4 Å². The van der Waals surface area contributed by atoms with Gasteiger partial charge in [-0.2, -0.15) is 0 Å². The number of aliphatic imine (C=N–C) groups is 1. The van der Waals surface area contributed by atoms with Crippen molar-refractivity contribution in [2.24, 2.45) is 4.99 Å². The number of hydrogen-bond acceptors (Lipinski definition) is 4. The number of nitrogens with one attached hydrogen (secondary N) is 3. The minimum absolute atomic E-state index is 0.0968. The molecule has 1 aromatic heterocycles. The molecule has 0 radical (unpaired) electrons. The van der Waals surface area contributed by atoms with Gasteiger partial charge in [0.25, 0.3) is 5.91 Å². The van der Waals surface area contributed by atoms with Crippen molar-refractivity contribution in [1.29, 1.82) is 0 Å². The van der Waals surface area contributed by atoms with E-state index in [1.54, 1.807) is 19.4 Å². The molecular weight excluding hydrogens is 344 g/mol. The molecule has 1 heterocycles. The van der Waals surface area contributed by atoms with Crippen LogP contribution in [0.2, 0.25) is 0 Å². The van der Waals surface area contributed by atoms with Crippen molar-refractivity contribution in [1.82, 2.24) is 16.0 Å². The second kappa shape index (κ2) is 11.7. The van der Waals surface area contributed by atoms with Crippen molar-refractivity contribution < 1.29 is 13.9 Å². The number of furan rings is 1. The zero-order valence-corrected chi connectivity index (χ0v) is 16.0. The highest BCUT2D eigenvalue weighted by Crippen LogP contribution is 2.06. The molecule has 7 nitrogen and oxygen atoms in total. The van der Waals surface area contributed by atoms with Crippen LogP contribution in [0.15, 0.2) is 52.1 Å². The Labute approximate surface area is 160 Å². The van der Waals surface area contributed by atoms with Gasteiger partial charge in [0.2, 0.25) is 0 Å². The van der Waals surface area contributed by atoms with E-state index in [1.807, 2.05) is 37.3 Å². The summed E-state index contributed by atoms with van der Waals surface area (Å²) in [5.74, 6) is 1.48. The molecule has 0 aliphatic heterocycles. The normalized spacial score (nSPS) is 11.3. The molecule has 146 valence electrons. The molecule has 3 N–H and O–H groups in total. The summed E-state index contributed by atoms with van der Waals surface area (Å²) >= 11 is 0. The van der Waals surface area contributed by atoms with Gasteiger partial charge in [0.15, 0.2) is 5.96 Å². The maximum atomic E-state index is 11.7. The highest BCUT2D eigenvalue weighted by molar-refractivity contribution is 5.94. The Morgan fingerprint density at radius 2 is 2.11 bits per heavy atom. The Balaban J connectivity index is 1.75. The van der Waals surface area contributed by atoms with E-state index >= 15 is 0 Å². The third-order valence-electron chi connectivity index (χ3n) is 3.76. The van der Waals surface area contributed by atoms with Gasteiger partial charge >= 0.3 is 0 Å². The van der Waals surface area contributed by atoms with Crippen LogP contribution >= 0.6 is 0 Å². The maximum absolute atomic E-state index is 11.7. The molecule has 2 aromatic rings. The summed E-state index contributed by atoms with van der Waals surface area (Å²) in [6.45, 7) is 5.18. The molecule has 0 saturated heterocycles. The maximum Gasteiger partial charge on any atom is 0.251 e. The van der Waals surface area contributed by atoms with Gasteiger partial charge in [0.05, 0.1) is 12.8 Å². The zero-order valence-electron chi connectivity index (χ0n) is 16.0. The van der Waals surface area contributed by atoms with Crippen molar-refractivity contribution in [3.63, 3.8) is 0 Å². The van der Waals surface area contributed by atoms with Gasteiger partial charge in [-0.1, -0.05) is 12.1 Å². The molecule has 2 rings (SSSR count). The monoisotopic (exact) mass is 372 g/mol. The topological polar surface area (TPSA) is 87.9 Å². The van der Waals surface area contributed by atoms with Crippen molar-refractivity contribution in [3.8, 4) is 0 Å². The van der Waals surface area contributed by atoms with Crippen LogP contribution in [0.4, 0.5) is 0 Å². The van der Waals surface area contributed by atoms with E-state index in [9.17, 15) is 4.79 Å². The fraction of sp³-hybridized carbons (Fsp3) is 0.400. The zero-order chi connectivity index (χ0) is 19.3. The molecule has 0 fully saturated rings. The number of nitrogens with zero attached hydrogens (tertiary/aromatic N) is 1. The Morgan fingerprint density at radius 1 is 1.22 bits per heavy atom. The number of hydrogen-bond donors (Lipinski definition) is 3. The van der Waals surface area contributed by atoms with Crippen molar-refractivity contribution >= 4 is 11.9 Å². The summed E-state index contributed by atoms with van der Waals surface area (Å²) in [4.78, 5) is 16.3. The number of guanidine groups is 1. The van der Waals surface area contributed by atoms with E-state index in [0.717, 1.165) is 36.8 Å². The summed E-state index contributed by atoms with van der Waals surface area (Å²) in [6.07, 6.45) is 2.50. The first kappa shape index (κ1) is 20.5. The fourth-order valence-electron chi connectivity index (χ4n) is 2.42. The summed E-state index contributed by atoms with van der Waals surface area (Å²) in [6, 6.07) is 11.2. The van der Waals surface area contributed by atoms with Crippen molar-refractivity contribution in [3.05, 3.63) is 59.5 Å². The van der Waals surface area contributed by atoms with Crippen LogP contribution in [-0.2, 0) is 17.9 Å². The van der Waals surface area contributed by atoms with Crippen LogP contribution < -0.4 is 16.0 Å². The van der Waals surface area contributed by atoms with Crippen LogP contribution in [0.1, 0.15) is 35.0 Å². The number of carbonyl (C=O) groups excluding carboxylic acids is 1. The van der Waals surface area contributed by atoms with Gasteiger partial charge < -0.3 is 25.1 Å². The molecule has 0 aliphatic carbocycles. The Hall–Kier alpha value is -2.80. The average molecular weight is 372 g/mol. The van der Waals surface area contributed by atoms with Crippen LogP contribution in [0.5, 0.6) is 0 Å². The van der Waals surface area contributed by atoms with Gasteiger partial charge in [-0.25, -0.2) is 4.99 Å². The van der Waals surface area contributed by atoms with Crippen LogP contribution in [0.25, 0.3) is 0 Å². The van der Waals surface area contributed by atoms with E-state index in [1.165, 1.54) is 0 Å². The lowest BCUT2D eigenvalue weighted by molar-refractivity contribution is 0.0963. The summed E-state index contributed by atoms with van der Waals surface area (Å²) in [5, 5.41) is 9.14. The number of ether oxygens (including phenoxy) is 1. The largest absolute Gasteiger partial charge is 0.467 e. The average Bonchev–Trinajstić information content (AvgIpc) is 3.21. The minimum Gasteiger partial charge on any atom is -0.467 e. The molecule has 0 unspecified atom stereocenters. The fourth-order valence-corrected chi connectivity index (χ4v) is 2.42. The molecule has 0 bridgehead atoms. The highest BCUT2D eigenvalue weighted by Gasteiger charge is 2.04. The van der Waals surface area contributed by atoms with E-state index in [2.05, 4.69) is 20.9 Å². The second-order valence-corrected chi connectivity index (χ2v) is 5.89.